The second kappa shape index (κ2) is 41.6. The highest BCUT2D eigenvalue weighted by Gasteiger charge is 2.28. The molecule has 0 aliphatic rings. The number of nitrogens with two attached hydrogens (primary N) is 1. The first kappa shape index (κ1) is 82.5. The molecule has 0 amide bonds. The van der Waals surface area contributed by atoms with Gasteiger partial charge in [-0.25, -0.2) is 39.6 Å². The topological polar surface area (TPSA) is 333 Å². The zero-order valence-electron chi connectivity index (χ0n) is 54.8. The van der Waals surface area contributed by atoms with Crippen LogP contribution in [-0.4, -0.2) is 81.9 Å². The van der Waals surface area contributed by atoms with Crippen molar-refractivity contribution in [2.24, 2.45) is 0 Å². The summed E-state index contributed by atoms with van der Waals surface area (Å²) < 4.78 is 100. The Bertz CT molecular complexity index is 4590. The normalized spacial score (nSPS) is 10.7. The lowest BCUT2D eigenvalue weighted by atomic mass is 10.1. The molecule has 0 saturated carbocycles. The van der Waals surface area contributed by atoms with E-state index in [-0.39, 0.29) is 96.4 Å². The van der Waals surface area contributed by atoms with Crippen molar-refractivity contribution in [1.82, 2.24) is 0 Å². The minimum Gasteiger partial charge on any atom is -0.494 e. The van der Waals surface area contributed by atoms with Gasteiger partial charge in [0, 0.05) is 40.4 Å². The summed E-state index contributed by atoms with van der Waals surface area (Å²) in [5.41, 5.74) is 12.7. The van der Waals surface area contributed by atoms with Gasteiger partial charge in [-0.1, -0.05) is 159 Å². The predicted molar refractivity (Wildman–Crippen MR) is 394 cm³/mol. The Hall–Kier alpha value is -10.1. The van der Waals surface area contributed by atoms with Gasteiger partial charge in [0.25, 0.3) is 29.1 Å². The Morgan fingerprint density at radius 2 is 0.833 bits per heavy atom. The highest BCUT2D eigenvalue weighted by molar-refractivity contribution is 8.13. The van der Waals surface area contributed by atoms with E-state index < -0.39 is 47.0 Å². The van der Waals surface area contributed by atoms with Gasteiger partial charge in [0.2, 0.25) is 0 Å². The molecule has 0 spiro atoms. The van der Waals surface area contributed by atoms with Crippen molar-refractivity contribution in [1.29, 1.82) is 0 Å². The van der Waals surface area contributed by atoms with Gasteiger partial charge >= 0.3 is 17.9 Å². The number of carboxylic acid groups (broad SMARTS) is 1. The molecule has 0 aliphatic heterocycles. The summed E-state index contributed by atoms with van der Waals surface area (Å²) in [4.78, 5) is 35.2. The lowest BCUT2D eigenvalue weighted by Gasteiger charge is -2.26. The number of rotatable bonds is 25. The zero-order valence-corrected chi connectivity index (χ0v) is 58.8. The Morgan fingerprint density at radius 1 is 0.451 bits per heavy atom. The fourth-order valence-corrected chi connectivity index (χ4v) is 12.7. The van der Waals surface area contributed by atoms with Crippen molar-refractivity contribution in [3.05, 3.63) is 310 Å². The molecular weight excluding hydrogens is 1410 g/mol. The van der Waals surface area contributed by atoms with Crippen LogP contribution >= 0.6 is 22.3 Å². The van der Waals surface area contributed by atoms with Gasteiger partial charge in [0.15, 0.2) is 0 Å². The summed E-state index contributed by atoms with van der Waals surface area (Å²) in [6, 6.07) is 68.2. The molecule has 0 unspecified atom stereocenters. The Morgan fingerprint density at radius 3 is 1.24 bits per heavy atom. The van der Waals surface area contributed by atoms with E-state index >= 15 is 0 Å². The molecule has 0 bridgehead atoms. The lowest BCUT2D eigenvalue weighted by molar-refractivity contribution is 0.0463. The van der Waals surface area contributed by atoms with Crippen LogP contribution in [0.1, 0.15) is 96.9 Å². The number of carboxylic acids is 1. The summed E-state index contributed by atoms with van der Waals surface area (Å²) in [5, 5.41) is 45.9. The summed E-state index contributed by atoms with van der Waals surface area (Å²) in [6.45, 7) is 3.94. The number of nitrogens with one attached hydrogen (secondary N) is 1. The molecule has 0 fully saturated rings. The summed E-state index contributed by atoms with van der Waals surface area (Å²) in [7, 11) is -6.75. The maximum absolute atomic E-state index is 13.9. The van der Waals surface area contributed by atoms with Crippen LogP contribution in [0.15, 0.2) is 263 Å². The molecule has 0 radical (unpaired) electrons. The molecule has 102 heavy (non-hydrogen) atoms. The van der Waals surface area contributed by atoms with Gasteiger partial charge in [0.1, 0.15) is 24.7 Å². The highest BCUT2D eigenvalue weighted by Crippen LogP contribution is 2.31. The van der Waals surface area contributed by atoms with Gasteiger partial charge in [-0.05, 0) is 137 Å². The van der Waals surface area contributed by atoms with Crippen LogP contribution in [-0.2, 0) is 90.6 Å². The van der Waals surface area contributed by atoms with E-state index in [2.05, 4.69) is 4.72 Å². The van der Waals surface area contributed by atoms with Crippen LogP contribution < -0.4 is 24.2 Å². The number of hydrogen-bond donors (Lipinski definition) is 7. The molecule has 21 nitrogen and oxygen atoms in total. The third-order valence-corrected chi connectivity index (χ3v) is 18.7. The van der Waals surface area contributed by atoms with Gasteiger partial charge in [-0.2, -0.15) is 0 Å². The first-order valence-electron chi connectivity index (χ1n) is 30.9. The van der Waals surface area contributed by atoms with Crippen LogP contribution in [0.3, 0.4) is 0 Å². The number of anilines is 3. The smallest absolute Gasteiger partial charge is 0.338 e. The minimum absolute atomic E-state index is 0. The molecule has 8 N–H and O–H groups in total. The third kappa shape index (κ3) is 26.8. The summed E-state index contributed by atoms with van der Waals surface area (Å²) in [6.07, 6.45) is 0. The maximum Gasteiger partial charge on any atom is 0.338 e. The van der Waals surface area contributed by atoms with Gasteiger partial charge in [-0.15, -0.1) is 11.6 Å². The number of nitrogens with zero attached hydrogens (tertiary/aromatic N) is 1. The van der Waals surface area contributed by atoms with E-state index in [0.29, 0.717) is 47.4 Å². The molecule has 10 rings (SSSR count). The Kier molecular flexibility index (Phi) is 33.6. The molecule has 0 atom stereocenters. The van der Waals surface area contributed by atoms with Gasteiger partial charge in [-0.3, -0.25) is 9.03 Å². The number of carbonyl (C=O) groups excluding carboxylic acids is 2. The minimum atomic E-state index is -4.16. The quantitative estimate of drug-likeness (QED) is 0.0121. The van der Waals surface area contributed by atoms with Crippen molar-refractivity contribution in [3.63, 3.8) is 0 Å². The molecule has 10 aromatic rings. The van der Waals surface area contributed by atoms with E-state index in [9.17, 15) is 49.9 Å². The van der Waals surface area contributed by atoms with E-state index in [0.717, 1.165) is 33.9 Å². The first-order valence-corrected chi connectivity index (χ1v) is 36.6. The van der Waals surface area contributed by atoms with Crippen molar-refractivity contribution in [2.45, 2.75) is 88.0 Å². The Balaban J connectivity index is 0.000000250. The van der Waals surface area contributed by atoms with Crippen LogP contribution in [0.5, 0.6) is 11.5 Å². The summed E-state index contributed by atoms with van der Waals surface area (Å²) >= 11 is 5.53. The molecule has 0 heterocycles. The fraction of sp³-hybridized carbons (Fsp3) is 0.171. The average Bonchev–Trinajstić information content (AvgIpc) is 0.782. The fourth-order valence-electron chi connectivity index (χ4n) is 9.11. The van der Waals surface area contributed by atoms with Gasteiger partial charge < -0.3 is 50.2 Å². The number of nitrogen functional groups attached to an aromatic ring is 1. The van der Waals surface area contributed by atoms with Crippen molar-refractivity contribution in [2.75, 3.05) is 28.0 Å². The van der Waals surface area contributed by atoms with Gasteiger partial charge in [0.05, 0.1) is 88.9 Å². The van der Waals surface area contributed by atoms with Crippen molar-refractivity contribution in [3.8, 4) is 11.5 Å². The number of halogens is 2. The number of aromatic carboxylic acids is 1. The second-order valence-corrected chi connectivity index (χ2v) is 27.8. The number of sulfonamides is 2. The molecule has 0 aromatic heterocycles. The van der Waals surface area contributed by atoms with Crippen molar-refractivity contribution >= 4 is 86.4 Å². The van der Waals surface area contributed by atoms with Crippen LogP contribution in [0.25, 0.3) is 0 Å². The predicted octanol–water partition coefficient (Wildman–Crippen LogP) is 13.7. The highest BCUT2D eigenvalue weighted by atomic mass is 35.7. The molecular formula is C76H79Cl2N3O18S3. The maximum atomic E-state index is 13.9. The molecule has 0 saturated heterocycles. The largest absolute Gasteiger partial charge is 0.494 e. The SMILES string of the molecule is C.CCOc1cc(NS(=O)(=O)c2cccc(C(=O)O)c2)cc(OCC)c1.ClCc1ccccc1.Nc1cc(CO)cc(CO)c1.O=C(OCc1ccccc1)c1cccc(S(=O)(=O)Cl)c1.O=C(OCc1ccccc1)c1cccc(S(=O)(=O)N(Cc2ccccc2)c2cc(CO)cc(CO)c2)c1. The monoisotopic (exact) mass is 1490 g/mol. The number of carbonyl (C=O) groups is 3. The van der Waals surface area contributed by atoms with E-state index in [1.165, 1.54) is 88.7 Å². The number of esters is 2. The van der Waals surface area contributed by atoms with E-state index in [4.69, 9.17) is 62.3 Å². The first-order chi connectivity index (χ1) is 48.4. The molecule has 538 valence electrons. The van der Waals surface area contributed by atoms with Crippen LogP contribution in [0.2, 0.25) is 0 Å². The van der Waals surface area contributed by atoms with Crippen molar-refractivity contribution < 1.29 is 84.1 Å². The lowest BCUT2D eigenvalue weighted by Crippen LogP contribution is -2.31. The summed E-state index contributed by atoms with van der Waals surface area (Å²) in [5.74, 6) is -0.901. The van der Waals surface area contributed by atoms with E-state index in [1.54, 1.807) is 42.5 Å². The standard InChI is InChI=1S/C29H27NO6S.C17H19NO6S.C14H11ClO4S.C8H11NO2.C7H7Cl.CH4/c31-19-24-14-25(20-32)16-27(15-24)30(18-22-8-3-1-4-9-22)37(34,35)28-13-7-12-26(17-28)29(33)36-21-23-10-5-2-6-11-23;1-3-23-14-9-13(10-15(11-14)24-4-2)18-25(21,22)16-7-5-6-12(8-16)17(19)20;15-20(17,18)13-8-4-7-12(9-13)14(16)19-10-11-5-2-1-3-6-11;9-8-2-6(4-10)1-7(3-8)5-11;8-6-7-4-2-1-3-5-7;/h1-17,31-32H,18-21H2;5-11,18H,3-4H2,1-2H3,(H,19,20);1-9H,10H2;1-3,10-11H,4-5,9H2;1-5H,6H2;1H4. The number of aliphatic hydroxyl groups excluding tert-OH is 4. The third-order valence-electron chi connectivity index (χ3n) is 13.9. The molecule has 10 aromatic carbocycles. The zero-order chi connectivity index (χ0) is 73.4. The second-order valence-electron chi connectivity index (χ2n) is 21.5. The number of hydrogen-bond acceptors (Lipinski definition) is 18. The Labute approximate surface area is 604 Å². The molecule has 26 heteroatoms. The average molecular weight is 1490 g/mol. The number of ether oxygens (including phenoxy) is 4. The van der Waals surface area contributed by atoms with E-state index in [1.807, 2.05) is 135 Å². The number of alkyl halides is 1. The molecule has 0 aliphatic carbocycles. The van der Waals surface area contributed by atoms with Crippen LogP contribution in [0.4, 0.5) is 17.1 Å². The van der Waals surface area contributed by atoms with Crippen LogP contribution in [0, 0.1) is 0 Å². The number of aliphatic hydroxyl groups is 4. The number of benzene rings is 10.